The minimum atomic E-state index is 0.134. The van der Waals surface area contributed by atoms with E-state index in [0.29, 0.717) is 12.0 Å². The largest absolute Gasteiger partial charge is 0.344 e. The first kappa shape index (κ1) is 14.3. The van der Waals surface area contributed by atoms with Gasteiger partial charge < -0.3 is 9.47 Å². The van der Waals surface area contributed by atoms with Crippen LogP contribution in [0.4, 0.5) is 0 Å². The predicted octanol–water partition coefficient (Wildman–Crippen LogP) is 3.04. The summed E-state index contributed by atoms with van der Waals surface area (Å²) in [5.41, 5.74) is 2.28. The number of fused-ring (bicyclic) bond motifs is 1. The van der Waals surface area contributed by atoms with E-state index in [2.05, 4.69) is 29.4 Å². The molecule has 1 aromatic heterocycles. The van der Waals surface area contributed by atoms with Crippen LogP contribution in [-0.2, 0) is 6.54 Å². The third kappa shape index (κ3) is 2.75. The first-order chi connectivity index (χ1) is 10.1. The summed E-state index contributed by atoms with van der Waals surface area (Å²) < 4.78 is 2.32. The van der Waals surface area contributed by atoms with Crippen LogP contribution in [0.15, 0.2) is 35.1 Å². The lowest BCUT2D eigenvalue weighted by molar-refractivity contribution is 0.261. The van der Waals surface area contributed by atoms with Crippen LogP contribution >= 0.6 is 0 Å². The lowest BCUT2D eigenvalue weighted by Crippen LogP contribution is -2.29. The Morgan fingerprint density at radius 2 is 2.05 bits per heavy atom. The minimum Gasteiger partial charge on any atom is -0.344 e. The number of hydrogen-bond acceptors (Lipinski definition) is 2. The lowest BCUT2D eigenvalue weighted by Gasteiger charge is -2.22. The Hall–Kier alpha value is -1.61. The Bertz CT molecular complexity index is 702. The maximum absolute atomic E-state index is 12.1. The molecule has 1 fully saturated rings. The molecule has 2 aromatic rings. The molecule has 0 bridgehead atoms. The zero-order valence-electron chi connectivity index (χ0n) is 13.2. The summed E-state index contributed by atoms with van der Waals surface area (Å²) >= 11 is 0. The molecule has 3 heteroatoms. The number of aromatic nitrogens is 1. The van der Waals surface area contributed by atoms with E-state index in [1.54, 1.807) is 6.07 Å². The summed E-state index contributed by atoms with van der Waals surface area (Å²) in [5, 5.41) is 0.835. The van der Waals surface area contributed by atoms with Gasteiger partial charge in [-0.25, -0.2) is 0 Å². The SMILES string of the molecule is Cc1cc(=O)c2ccccc2n1CC1CCN(C(C)C)C1. The molecule has 1 aliphatic heterocycles. The number of benzene rings is 1. The Kier molecular flexibility index (Phi) is 3.85. The van der Waals surface area contributed by atoms with Crippen LogP contribution in [-0.4, -0.2) is 28.6 Å². The van der Waals surface area contributed by atoms with Crippen molar-refractivity contribution in [2.75, 3.05) is 13.1 Å². The van der Waals surface area contributed by atoms with E-state index in [1.165, 1.54) is 13.0 Å². The number of aryl methyl sites for hydroxylation is 1. The Morgan fingerprint density at radius 3 is 2.76 bits per heavy atom. The lowest BCUT2D eigenvalue weighted by atomic mass is 10.1. The Morgan fingerprint density at radius 1 is 1.29 bits per heavy atom. The molecule has 1 unspecified atom stereocenters. The van der Waals surface area contributed by atoms with Crippen molar-refractivity contribution in [2.24, 2.45) is 5.92 Å². The van der Waals surface area contributed by atoms with Crippen molar-refractivity contribution in [3.63, 3.8) is 0 Å². The molecular weight excluding hydrogens is 260 g/mol. The summed E-state index contributed by atoms with van der Waals surface area (Å²) in [5.74, 6) is 0.678. The molecule has 0 spiro atoms. The van der Waals surface area contributed by atoms with Gasteiger partial charge in [-0.3, -0.25) is 4.79 Å². The second-order valence-electron chi connectivity index (χ2n) is 6.52. The molecule has 2 heterocycles. The molecule has 1 aromatic carbocycles. The molecule has 0 N–H and O–H groups in total. The summed E-state index contributed by atoms with van der Waals surface area (Å²) in [4.78, 5) is 14.7. The Labute approximate surface area is 126 Å². The van der Waals surface area contributed by atoms with Crippen LogP contribution < -0.4 is 5.43 Å². The second-order valence-corrected chi connectivity index (χ2v) is 6.52. The Balaban J connectivity index is 1.93. The van der Waals surface area contributed by atoms with Gasteiger partial charge in [0.15, 0.2) is 5.43 Å². The van der Waals surface area contributed by atoms with Crippen molar-refractivity contribution < 1.29 is 0 Å². The van der Waals surface area contributed by atoms with Gasteiger partial charge in [-0.15, -0.1) is 0 Å². The van der Waals surface area contributed by atoms with E-state index in [4.69, 9.17) is 0 Å². The normalized spacial score (nSPS) is 19.7. The van der Waals surface area contributed by atoms with Gasteiger partial charge in [0, 0.05) is 36.3 Å². The average Bonchev–Trinajstić information content (AvgIpc) is 2.92. The van der Waals surface area contributed by atoms with Crippen molar-refractivity contribution in [2.45, 2.75) is 39.8 Å². The van der Waals surface area contributed by atoms with Crippen molar-refractivity contribution in [3.05, 3.63) is 46.2 Å². The molecule has 0 amide bonds. The maximum Gasteiger partial charge on any atom is 0.189 e. The van der Waals surface area contributed by atoms with Gasteiger partial charge in [0.25, 0.3) is 0 Å². The minimum absolute atomic E-state index is 0.134. The number of rotatable bonds is 3. The topological polar surface area (TPSA) is 25.2 Å². The highest BCUT2D eigenvalue weighted by Gasteiger charge is 2.24. The summed E-state index contributed by atoms with van der Waals surface area (Å²) in [7, 11) is 0. The molecule has 21 heavy (non-hydrogen) atoms. The third-order valence-electron chi connectivity index (χ3n) is 4.71. The molecule has 0 saturated carbocycles. The first-order valence-electron chi connectivity index (χ1n) is 7.89. The fourth-order valence-electron chi connectivity index (χ4n) is 3.43. The molecule has 112 valence electrons. The summed E-state index contributed by atoms with van der Waals surface area (Å²) in [6, 6.07) is 10.4. The highest BCUT2D eigenvalue weighted by atomic mass is 16.1. The van der Waals surface area contributed by atoms with Crippen molar-refractivity contribution in [1.82, 2.24) is 9.47 Å². The highest BCUT2D eigenvalue weighted by molar-refractivity contribution is 5.79. The predicted molar refractivity (Wildman–Crippen MR) is 87.8 cm³/mol. The van der Waals surface area contributed by atoms with Crippen molar-refractivity contribution in [1.29, 1.82) is 0 Å². The number of para-hydroxylation sites is 1. The van der Waals surface area contributed by atoms with E-state index in [-0.39, 0.29) is 5.43 Å². The quantitative estimate of drug-likeness (QED) is 0.865. The van der Waals surface area contributed by atoms with E-state index in [9.17, 15) is 4.79 Å². The molecule has 1 atom stereocenters. The van der Waals surface area contributed by atoms with Gasteiger partial charge in [-0.05, 0) is 51.8 Å². The zero-order chi connectivity index (χ0) is 15.0. The number of hydrogen-bond donors (Lipinski definition) is 0. The van der Waals surface area contributed by atoms with Crippen LogP contribution in [0.1, 0.15) is 26.0 Å². The molecular formula is C18H24N2O. The average molecular weight is 284 g/mol. The molecule has 0 radical (unpaired) electrons. The number of nitrogens with zero attached hydrogens (tertiary/aromatic N) is 2. The maximum atomic E-state index is 12.1. The third-order valence-corrected chi connectivity index (χ3v) is 4.71. The van der Waals surface area contributed by atoms with Crippen LogP contribution in [0.3, 0.4) is 0 Å². The second kappa shape index (κ2) is 5.64. The number of pyridine rings is 1. The van der Waals surface area contributed by atoms with E-state index in [1.807, 2.05) is 25.1 Å². The van der Waals surface area contributed by atoms with Crippen LogP contribution in [0, 0.1) is 12.8 Å². The van der Waals surface area contributed by atoms with Crippen molar-refractivity contribution in [3.8, 4) is 0 Å². The van der Waals surface area contributed by atoms with E-state index < -0.39 is 0 Å². The zero-order valence-corrected chi connectivity index (χ0v) is 13.2. The molecule has 3 rings (SSSR count). The van der Waals surface area contributed by atoms with Crippen LogP contribution in [0.2, 0.25) is 0 Å². The summed E-state index contributed by atoms with van der Waals surface area (Å²) in [6.07, 6.45) is 1.25. The number of likely N-dealkylation sites (tertiary alicyclic amines) is 1. The van der Waals surface area contributed by atoms with Crippen molar-refractivity contribution >= 4 is 10.9 Å². The molecule has 3 nitrogen and oxygen atoms in total. The van der Waals surface area contributed by atoms with Gasteiger partial charge in [0.1, 0.15) is 0 Å². The summed E-state index contributed by atoms with van der Waals surface area (Å²) in [6.45, 7) is 9.95. The van der Waals surface area contributed by atoms with E-state index >= 15 is 0 Å². The molecule has 0 aliphatic carbocycles. The monoisotopic (exact) mass is 284 g/mol. The van der Waals surface area contributed by atoms with Gasteiger partial charge in [0.2, 0.25) is 0 Å². The first-order valence-corrected chi connectivity index (χ1v) is 7.89. The smallest absolute Gasteiger partial charge is 0.189 e. The van der Waals surface area contributed by atoms with Gasteiger partial charge in [-0.1, -0.05) is 12.1 Å². The van der Waals surface area contributed by atoms with Gasteiger partial charge >= 0.3 is 0 Å². The van der Waals surface area contributed by atoms with E-state index in [0.717, 1.165) is 29.7 Å². The fourth-order valence-corrected chi connectivity index (χ4v) is 3.43. The van der Waals surface area contributed by atoms with Gasteiger partial charge in [0.05, 0.1) is 5.52 Å². The highest BCUT2D eigenvalue weighted by Crippen LogP contribution is 2.22. The van der Waals surface area contributed by atoms with Gasteiger partial charge in [-0.2, -0.15) is 0 Å². The van der Waals surface area contributed by atoms with Crippen LogP contribution in [0.25, 0.3) is 10.9 Å². The standard InChI is InChI=1S/C18H24N2O/c1-13(2)19-9-8-15(11-19)12-20-14(3)10-18(21)16-6-4-5-7-17(16)20/h4-7,10,13,15H,8-9,11-12H2,1-3H3. The molecule has 1 saturated heterocycles. The molecule has 1 aliphatic rings. The van der Waals surface area contributed by atoms with Crippen LogP contribution in [0.5, 0.6) is 0 Å². The fraction of sp³-hybridized carbons (Fsp3) is 0.500.